The molecule has 0 atom stereocenters. The van der Waals surface area contributed by atoms with Crippen LogP contribution in [0.4, 0.5) is 0 Å². The van der Waals surface area contributed by atoms with Crippen LogP contribution in [-0.4, -0.2) is 11.5 Å². The summed E-state index contributed by atoms with van der Waals surface area (Å²) in [4.78, 5) is 9.91. The molecule has 0 N–H and O–H groups in total. The third kappa shape index (κ3) is 2.48. The van der Waals surface area contributed by atoms with Crippen molar-refractivity contribution in [2.24, 2.45) is 0 Å². The zero-order valence-corrected chi connectivity index (χ0v) is 10.00. The number of hydrogen-bond donors (Lipinski definition) is 0. The quantitative estimate of drug-likeness (QED) is 0.610. The van der Waals surface area contributed by atoms with Gasteiger partial charge in [-0.15, -0.1) is 0 Å². The van der Waals surface area contributed by atoms with E-state index < -0.39 is 4.92 Å². The van der Waals surface area contributed by atoms with E-state index in [1.54, 1.807) is 0 Å². The van der Waals surface area contributed by atoms with Crippen LogP contribution >= 0.6 is 0 Å². The van der Waals surface area contributed by atoms with Crippen LogP contribution in [0.5, 0.6) is 5.75 Å². The molecule has 0 unspecified atom stereocenters. The first-order chi connectivity index (χ1) is 8.72. The summed E-state index contributed by atoms with van der Waals surface area (Å²) < 4.78 is 5.54. The lowest BCUT2D eigenvalue weighted by Crippen LogP contribution is -1.93. The van der Waals surface area contributed by atoms with Gasteiger partial charge in [0.05, 0.1) is 11.5 Å². The van der Waals surface area contributed by atoms with Crippen molar-refractivity contribution >= 4 is 16.8 Å². The maximum absolute atomic E-state index is 10.4. The Hall–Kier alpha value is -2.36. The van der Waals surface area contributed by atoms with Crippen molar-refractivity contribution in [3.63, 3.8) is 0 Å². The van der Waals surface area contributed by atoms with Gasteiger partial charge in [0.15, 0.2) is 0 Å². The summed E-state index contributed by atoms with van der Waals surface area (Å²) in [5, 5.41) is 12.3. The number of ether oxygens (including phenoxy) is 1. The highest BCUT2D eigenvalue weighted by Crippen LogP contribution is 2.29. The molecule has 18 heavy (non-hydrogen) atoms. The fraction of sp³-hybridized carbons (Fsp3) is 0.143. The van der Waals surface area contributed by atoms with Gasteiger partial charge in [0.1, 0.15) is 5.75 Å². The van der Waals surface area contributed by atoms with Crippen molar-refractivity contribution in [1.29, 1.82) is 0 Å². The van der Waals surface area contributed by atoms with Crippen molar-refractivity contribution in [3.8, 4) is 5.75 Å². The molecule has 0 saturated carbocycles. The van der Waals surface area contributed by atoms with Crippen LogP contribution in [-0.2, 0) is 0 Å². The van der Waals surface area contributed by atoms with Gasteiger partial charge in [0.25, 0.3) is 0 Å². The molecule has 0 aliphatic heterocycles. The Balaban J connectivity index is 2.57. The normalized spacial score (nSPS) is 10.9. The topological polar surface area (TPSA) is 52.4 Å². The standard InChI is InChI=1S/C14H13NO3/c1-2-18-14-8-7-11(9-10-15(16)17)12-5-3-4-6-13(12)14/h3-10H,2H2,1H3. The summed E-state index contributed by atoms with van der Waals surface area (Å²) in [5.74, 6) is 0.798. The molecule has 0 amide bonds. The molecular weight excluding hydrogens is 230 g/mol. The van der Waals surface area contributed by atoms with Crippen LogP contribution in [0.3, 0.4) is 0 Å². The van der Waals surface area contributed by atoms with Gasteiger partial charge in [-0.1, -0.05) is 30.3 Å². The largest absolute Gasteiger partial charge is 0.493 e. The molecule has 2 aromatic rings. The smallest absolute Gasteiger partial charge is 0.235 e. The molecule has 0 bridgehead atoms. The lowest BCUT2D eigenvalue weighted by atomic mass is 10.0. The van der Waals surface area contributed by atoms with Gasteiger partial charge >= 0.3 is 0 Å². The van der Waals surface area contributed by atoms with Gasteiger partial charge in [-0.05, 0) is 23.9 Å². The molecule has 0 aliphatic carbocycles. The Kier molecular flexibility index (Phi) is 3.57. The van der Waals surface area contributed by atoms with Gasteiger partial charge in [-0.2, -0.15) is 0 Å². The van der Waals surface area contributed by atoms with Crippen LogP contribution in [0.1, 0.15) is 12.5 Å². The SMILES string of the molecule is CCOc1ccc(C=C[N+](=O)[O-])c2ccccc12. The third-order valence-corrected chi connectivity index (χ3v) is 2.59. The fourth-order valence-corrected chi connectivity index (χ4v) is 1.86. The van der Waals surface area contributed by atoms with Crippen molar-refractivity contribution in [2.75, 3.05) is 6.61 Å². The zero-order valence-electron chi connectivity index (χ0n) is 10.00. The highest BCUT2D eigenvalue weighted by atomic mass is 16.6. The number of benzene rings is 2. The summed E-state index contributed by atoms with van der Waals surface area (Å²) in [5.41, 5.74) is 0.811. The summed E-state index contributed by atoms with van der Waals surface area (Å²) in [6.07, 6.45) is 2.44. The summed E-state index contributed by atoms with van der Waals surface area (Å²) >= 11 is 0. The molecule has 4 heteroatoms. The summed E-state index contributed by atoms with van der Waals surface area (Å²) in [7, 11) is 0. The minimum Gasteiger partial charge on any atom is -0.493 e. The molecule has 0 heterocycles. The highest BCUT2D eigenvalue weighted by Gasteiger charge is 2.05. The average Bonchev–Trinajstić information content (AvgIpc) is 2.38. The fourth-order valence-electron chi connectivity index (χ4n) is 1.86. The first kappa shape index (κ1) is 12.1. The minimum absolute atomic E-state index is 0.467. The van der Waals surface area contributed by atoms with Crippen molar-refractivity contribution < 1.29 is 9.66 Å². The molecule has 92 valence electrons. The Morgan fingerprint density at radius 2 is 1.94 bits per heavy atom. The molecule has 2 aromatic carbocycles. The number of fused-ring (bicyclic) bond motifs is 1. The van der Waals surface area contributed by atoms with Crippen LogP contribution in [0.2, 0.25) is 0 Å². The van der Waals surface area contributed by atoms with Gasteiger partial charge in [-0.25, -0.2) is 0 Å². The van der Waals surface area contributed by atoms with Crippen molar-refractivity contribution in [2.45, 2.75) is 6.92 Å². The second-order valence-corrected chi connectivity index (χ2v) is 3.73. The van der Waals surface area contributed by atoms with Crippen LogP contribution in [0.25, 0.3) is 16.8 Å². The number of rotatable bonds is 4. The van der Waals surface area contributed by atoms with E-state index in [-0.39, 0.29) is 0 Å². The van der Waals surface area contributed by atoms with Crippen molar-refractivity contribution in [3.05, 3.63) is 58.3 Å². The van der Waals surface area contributed by atoms with Gasteiger partial charge in [0.2, 0.25) is 6.20 Å². The van der Waals surface area contributed by atoms with E-state index in [1.165, 1.54) is 6.08 Å². The maximum Gasteiger partial charge on any atom is 0.235 e. The molecule has 4 nitrogen and oxygen atoms in total. The Bertz CT molecular complexity index is 605. The summed E-state index contributed by atoms with van der Waals surface area (Å²) in [6, 6.07) is 11.4. The van der Waals surface area contributed by atoms with E-state index >= 15 is 0 Å². The second-order valence-electron chi connectivity index (χ2n) is 3.73. The van der Waals surface area contributed by atoms with Crippen LogP contribution in [0, 0.1) is 10.1 Å². The Morgan fingerprint density at radius 1 is 1.22 bits per heavy atom. The molecule has 0 fully saturated rings. The molecule has 0 spiro atoms. The highest BCUT2D eigenvalue weighted by molar-refractivity contribution is 5.94. The molecule has 0 radical (unpaired) electrons. The van der Waals surface area contributed by atoms with Crippen LogP contribution < -0.4 is 4.74 Å². The van der Waals surface area contributed by atoms with E-state index in [2.05, 4.69) is 0 Å². The van der Waals surface area contributed by atoms with E-state index in [0.717, 1.165) is 28.3 Å². The molecular formula is C14H13NO3. The first-order valence-electron chi connectivity index (χ1n) is 5.68. The Morgan fingerprint density at radius 3 is 2.61 bits per heavy atom. The predicted octanol–water partition coefficient (Wildman–Crippen LogP) is 3.49. The van der Waals surface area contributed by atoms with Gasteiger partial charge in [-0.3, -0.25) is 10.1 Å². The predicted molar refractivity (Wildman–Crippen MR) is 71.1 cm³/mol. The zero-order chi connectivity index (χ0) is 13.0. The van der Waals surface area contributed by atoms with E-state index in [9.17, 15) is 10.1 Å². The Labute approximate surface area is 105 Å². The van der Waals surface area contributed by atoms with E-state index in [1.807, 2.05) is 43.3 Å². The van der Waals surface area contributed by atoms with E-state index in [4.69, 9.17) is 4.74 Å². The monoisotopic (exact) mass is 243 g/mol. The second kappa shape index (κ2) is 5.31. The van der Waals surface area contributed by atoms with E-state index in [0.29, 0.717) is 6.61 Å². The number of hydrogen-bond acceptors (Lipinski definition) is 3. The lowest BCUT2D eigenvalue weighted by molar-refractivity contribution is -0.400. The molecule has 2 rings (SSSR count). The third-order valence-electron chi connectivity index (χ3n) is 2.59. The first-order valence-corrected chi connectivity index (χ1v) is 5.68. The molecule has 0 aliphatic rings. The maximum atomic E-state index is 10.4. The summed E-state index contributed by atoms with van der Waals surface area (Å²) in [6.45, 7) is 2.52. The minimum atomic E-state index is -0.467. The van der Waals surface area contributed by atoms with Gasteiger partial charge in [0, 0.05) is 11.5 Å². The van der Waals surface area contributed by atoms with Crippen molar-refractivity contribution in [1.82, 2.24) is 0 Å². The number of nitrogens with zero attached hydrogens (tertiary/aromatic N) is 1. The van der Waals surface area contributed by atoms with Gasteiger partial charge < -0.3 is 4.74 Å². The number of nitro groups is 1. The molecule has 0 saturated heterocycles. The average molecular weight is 243 g/mol. The lowest BCUT2D eigenvalue weighted by Gasteiger charge is -2.09. The molecule has 0 aromatic heterocycles. The van der Waals surface area contributed by atoms with Crippen LogP contribution in [0.15, 0.2) is 42.6 Å².